The van der Waals surface area contributed by atoms with E-state index in [1.54, 1.807) is 0 Å². The van der Waals surface area contributed by atoms with Gasteiger partial charge in [-0.1, -0.05) is 50.5 Å². The number of hydrogen-bond acceptors (Lipinski definition) is 2. The molecule has 0 heterocycles. The molecule has 0 amide bonds. The Morgan fingerprint density at radius 3 is 1.88 bits per heavy atom. The standard InChI is InChI=1S/C12H26BrNO2S/c1-6-12(7-2,10-13)14-17(15,16)9-8-11(3,4)5/h14H,6-10H2,1-5H3. The van der Waals surface area contributed by atoms with Crippen molar-refractivity contribution in [2.75, 3.05) is 11.1 Å². The third-order valence-electron chi connectivity index (χ3n) is 3.10. The van der Waals surface area contributed by atoms with E-state index < -0.39 is 10.0 Å². The lowest BCUT2D eigenvalue weighted by atomic mass is 9.94. The van der Waals surface area contributed by atoms with Crippen LogP contribution in [0.3, 0.4) is 0 Å². The maximum atomic E-state index is 12.0. The molecular formula is C12H26BrNO2S. The van der Waals surface area contributed by atoms with Gasteiger partial charge in [0.1, 0.15) is 0 Å². The van der Waals surface area contributed by atoms with Gasteiger partial charge in [0, 0.05) is 10.9 Å². The molecule has 0 fully saturated rings. The van der Waals surface area contributed by atoms with Gasteiger partial charge in [-0.25, -0.2) is 13.1 Å². The molecule has 0 aliphatic carbocycles. The van der Waals surface area contributed by atoms with Crippen LogP contribution in [0.5, 0.6) is 0 Å². The first kappa shape index (κ1) is 17.4. The SMILES string of the molecule is CCC(CC)(CBr)NS(=O)(=O)CCC(C)(C)C. The highest BCUT2D eigenvalue weighted by Crippen LogP contribution is 2.22. The molecule has 0 atom stereocenters. The van der Waals surface area contributed by atoms with E-state index in [1.807, 2.05) is 13.8 Å². The molecule has 0 saturated carbocycles. The van der Waals surface area contributed by atoms with Gasteiger partial charge in [-0.05, 0) is 24.7 Å². The van der Waals surface area contributed by atoms with Crippen molar-refractivity contribution in [3.63, 3.8) is 0 Å². The summed E-state index contributed by atoms with van der Waals surface area (Å²) >= 11 is 3.41. The number of sulfonamides is 1. The lowest BCUT2D eigenvalue weighted by molar-refractivity contribution is 0.381. The number of hydrogen-bond donors (Lipinski definition) is 1. The summed E-state index contributed by atoms with van der Waals surface area (Å²) in [6.45, 7) is 10.2. The fraction of sp³-hybridized carbons (Fsp3) is 1.00. The normalized spacial score (nSPS) is 14.0. The van der Waals surface area contributed by atoms with Gasteiger partial charge in [-0.3, -0.25) is 0 Å². The third-order valence-corrected chi connectivity index (χ3v) is 5.66. The first-order chi connectivity index (χ1) is 7.60. The molecule has 3 nitrogen and oxygen atoms in total. The second-order valence-corrected chi connectivity index (χ2v) is 8.26. The highest BCUT2D eigenvalue weighted by atomic mass is 79.9. The minimum absolute atomic E-state index is 0.0459. The average Bonchev–Trinajstić information content (AvgIpc) is 2.23. The van der Waals surface area contributed by atoms with E-state index in [9.17, 15) is 8.42 Å². The molecule has 1 N–H and O–H groups in total. The zero-order valence-corrected chi connectivity index (χ0v) is 14.0. The minimum Gasteiger partial charge on any atom is -0.212 e. The van der Waals surface area contributed by atoms with Crippen LogP contribution in [0.25, 0.3) is 0 Å². The summed E-state index contributed by atoms with van der Waals surface area (Å²) in [6.07, 6.45) is 2.27. The monoisotopic (exact) mass is 327 g/mol. The van der Waals surface area contributed by atoms with E-state index in [1.165, 1.54) is 0 Å². The van der Waals surface area contributed by atoms with E-state index in [0.29, 0.717) is 11.8 Å². The maximum Gasteiger partial charge on any atom is 0.212 e. The fourth-order valence-electron chi connectivity index (χ4n) is 1.43. The smallest absolute Gasteiger partial charge is 0.212 e. The van der Waals surface area contributed by atoms with Crippen LogP contribution in [-0.2, 0) is 10.0 Å². The van der Waals surface area contributed by atoms with Crippen molar-refractivity contribution >= 4 is 26.0 Å². The van der Waals surface area contributed by atoms with Crippen LogP contribution in [-0.4, -0.2) is 25.0 Å². The minimum atomic E-state index is -3.19. The van der Waals surface area contributed by atoms with Crippen LogP contribution in [0.15, 0.2) is 0 Å². The van der Waals surface area contributed by atoms with Gasteiger partial charge in [0.2, 0.25) is 10.0 Å². The number of halogens is 1. The van der Waals surface area contributed by atoms with Gasteiger partial charge in [0.15, 0.2) is 0 Å². The van der Waals surface area contributed by atoms with Crippen molar-refractivity contribution in [3.05, 3.63) is 0 Å². The van der Waals surface area contributed by atoms with Crippen LogP contribution in [0.2, 0.25) is 0 Å². The molecule has 0 aromatic rings. The molecule has 0 radical (unpaired) electrons. The van der Waals surface area contributed by atoms with Crippen molar-refractivity contribution in [2.45, 2.75) is 59.4 Å². The molecule has 0 spiro atoms. The summed E-state index contributed by atoms with van der Waals surface area (Å²) in [5.41, 5.74) is -0.291. The largest absolute Gasteiger partial charge is 0.212 e. The van der Waals surface area contributed by atoms with Crippen LogP contribution in [0.1, 0.15) is 53.9 Å². The van der Waals surface area contributed by atoms with Crippen LogP contribution < -0.4 is 4.72 Å². The Bertz CT molecular complexity index is 308. The summed E-state index contributed by atoms with van der Waals surface area (Å²) < 4.78 is 26.9. The Balaban J connectivity index is 4.63. The van der Waals surface area contributed by atoms with Gasteiger partial charge in [-0.2, -0.15) is 0 Å². The van der Waals surface area contributed by atoms with Gasteiger partial charge < -0.3 is 0 Å². The van der Waals surface area contributed by atoms with Crippen LogP contribution in [0.4, 0.5) is 0 Å². The molecule has 0 aliphatic rings. The molecule has 17 heavy (non-hydrogen) atoms. The van der Waals surface area contributed by atoms with Crippen molar-refractivity contribution in [1.82, 2.24) is 4.72 Å². The van der Waals surface area contributed by atoms with E-state index in [2.05, 4.69) is 41.4 Å². The molecule has 5 heteroatoms. The number of alkyl halides is 1. The van der Waals surface area contributed by atoms with Crippen LogP contribution in [0, 0.1) is 5.41 Å². The molecule has 0 aliphatic heterocycles. The fourth-order valence-corrected chi connectivity index (χ4v) is 4.55. The summed E-state index contributed by atoms with van der Waals surface area (Å²) in [5, 5.41) is 0.655. The first-order valence-electron chi connectivity index (χ1n) is 6.17. The van der Waals surface area contributed by atoms with Crippen LogP contribution >= 0.6 is 15.9 Å². The van der Waals surface area contributed by atoms with Gasteiger partial charge >= 0.3 is 0 Å². The quantitative estimate of drug-likeness (QED) is 0.729. The lowest BCUT2D eigenvalue weighted by Gasteiger charge is -2.31. The summed E-state index contributed by atoms with van der Waals surface area (Å²) in [4.78, 5) is 0. The molecule has 0 rings (SSSR count). The number of nitrogens with one attached hydrogen (secondary N) is 1. The summed E-state index contributed by atoms with van der Waals surface area (Å²) in [5.74, 6) is 0.200. The predicted octanol–water partition coefficient (Wildman–Crippen LogP) is 3.30. The summed E-state index contributed by atoms with van der Waals surface area (Å²) in [6, 6.07) is 0. The van der Waals surface area contributed by atoms with Gasteiger partial charge in [0.25, 0.3) is 0 Å². The van der Waals surface area contributed by atoms with E-state index in [-0.39, 0.29) is 16.7 Å². The molecular weight excluding hydrogens is 302 g/mol. The highest BCUT2D eigenvalue weighted by molar-refractivity contribution is 9.09. The Hall–Kier alpha value is 0.390. The zero-order chi connectivity index (χ0) is 13.7. The van der Waals surface area contributed by atoms with Gasteiger partial charge in [-0.15, -0.1) is 0 Å². The van der Waals surface area contributed by atoms with Crippen molar-refractivity contribution in [1.29, 1.82) is 0 Å². The third kappa shape index (κ3) is 6.77. The van der Waals surface area contributed by atoms with E-state index in [0.717, 1.165) is 12.8 Å². The Morgan fingerprint density at radius 2 is 1.59 bits per heavy atom. The maximum absolute atomic E-state index is 12.0. The first-order valence-corrected chi connectivity index (χ1v) is 8.95. The average molecular weight is 328 g/mol. The van der Waals surface area contributed by atoms with E-state index in [4.69, 9.17) is 0 Å². The molecule has 0 unspecified atom stereocenters. The van der Waals surface area contributed by atoms with Crippen molar-refractivity contribution < 1.29 is 8.42 Å². The molecule has 0 bridgehead atoms. The summed E-state index contributed by atoms with van der Waals surface area (Å²) in [7, 11) is -3.19. The zero-order valence-electron chi connectivity index (χ0n) is 11.6. The molecule has 0 saturated heterocycles. The van der Waals surface area contributed by atoms with Gasteiger partial charge in [0.05, 0.1) is 5.75 Å². The molecule has 104 valence electrons. The van der Waals surface area contributed by atoms with Crippen molar-refractivity contribution in [2.24, 2.45) is 5.41 Å². The second-order valence-electron chi connectivity index (χ2n) is 5.85. The van der Waals surface area contributed by atoms with Crippen molar-refractivity contribution in [3.8, 4) is 0 Å². The Morgan fingerprint density at radius 1 is 1.12 bits per heavy atom. The number of rotatable bonds is 7. The lowest BCUT2D eigenvalue weighted by Crippen LogP contribution is -2.49. The predicted molar refractivity (Wildman–Crippen MR) is 78.1 cm³/mol. The topological polar surface area (TPSA) is 46.2 Å². The highest BCUT2D eigenvalue weighted by Gasteiger charge is 2.30. The van der Waals surface area contributed by atoms with E-state index >= 15 is 0 Å². The molecule has 0 aromatic heterocycles. The molecule has 0 aromatic carbocycles. The Labute approximate surface area is 115 Å². The second kappa shape index (κ2) is 6.53. The Kier molecular flexibility index (Phi) is 6.68.